The monoisotopic (exact) mass is 258 g/mol. The molecular formula is C16H22N2O. The van der Waals surface area contributed by atoms with Gasteiger partial charge in [0.25, 0.3) is 0 Å². The van der Waals surface area contributed by atoms with Crippen LogP contribution in [0.3, 0.4) is 0 Å². The van der Waals surface area contributed by atoms with Crippen LogP contribution in [0.1, 0.15) is 39.5 Å². The van der Waals surface area contributed by atoms with Gasteiger partial charge in [0.1, 0.15) is 0 Å². The van der Waals surface area contributed by atoms with Crippen molar-refractivity contribution in [3.8, 4) is 11.3 Å². The van der Waals surface area contributed by atoms with Crippen LogP contribution in [-0.4, -0.2) is 11.0 Å². The normalized spacial score (nSPS) is 12.3. The zero-order valence-corrected chi connectivity index (χ0v) is 11.7. The molecule has 1 aromatic heterocycles. The van der Waals surface area contributed by atoms with Gasteiger partial charge in [-0.2, -0.15) is 0 Å². The summed E-state index contributed by atoms with van der Waals surface area (Å²) in [4.78, 5) is 3.96. The first-order valence-corrected chi connectivity index (χ1v) is 7.09. The summed E-state index contributed by atoms with van der Waals surface area (Å²) < 4.78 is 5.33. The average Bonchev–Trinajstić information content (AvgIpc) is 2.98. The zero-order chi connectivity index (χ0) is 13.5. The fourth-order valence-electron chi connectivity index (χ4n) is 2.19. The van der Waals surface area contributed by atoms with E-state index in [9.17, 15) is 0 Å². The highest BCUT2D eigenvalue weighted by Crippen LogP contribution is 2.23. The van der Waals surface area contributed by atoms with E-state index in [1.807, 2.05) is 12.1 Å². The van der Waals surface area contributed by atoms with E-state index >= 15 is 0 Å². The molecule has 0 aliphatic heterocycles. The average molecular weight is 258 g/mol. The Labute approximate surface area is 115 Å². The van der Waals surface area contributed by atoms with Crippen molar-refractivity contribution < 1.29 is 4.42 Å². The second kappa shape index (κ2) is 6.98. The molecule has 1 atom stereocenters. The fraction of sp³-hybridized carbons (Fsp3) is 0.438. The van der Waals surface area contributed by atoms with Crippen LogP contribution in [0.5, 0.6) is 0 Å². The molecule has 0 amide bonds. The van der Waals surface area contributed by atoms with E-state index in [4.69, 9.17) is 4.42 Å². The van der Waals surface area contributed by atoms with Gasteiger partial charge in [0.2, 0.25) is 0 Å². The van der Waals surface area contributed by atoms with Crippen molar-refractivity contribution in [1.29, 1.82) is 0 Å². The zero-order valence-electron chi connectivity index (χ0n) is 11.7. The Morgan fingerprint density at radius 3 is 2.89 bits per heavy atom. The fourth-order valence-corrected chi connectivity index (χ4v) is 2.19. The van der Waals surface area contributed by atoms with Crippen molar-refractivity contribution in [3.63, 3.8) is 0 Å². The molecule has 3 nitrogen and oxygen atoms in total. The Bertz CT molecular complexity index is 479. The van der Waals surface area contributed by atoms with Gasteiger partial charge in [-0.25, -0.2) is 4.98 Å². The molecule has 0 aliphatic rings. The van der Waals surface area contributed by atoms with Crippen molar-refractivity contribution in [2.45, 2.75) is 45.6 Å². The lowest BCUT2D eigenvalue weighted by molar-refractivity contribution is 0.572. The van der Waals surface area contributed by atoms with Gasteiger partial charge in [-0.1, -0.05) is 38.8 Å². The summed E-state index contributed by atoms with van der Waals surface area (Å²) in [5, 5.41) is 3.60. The number of hydrogen-bond donors (Lipinski definition) is 1. The lowest BCUT2D eigenvalue weighted by Crippen LogP contribution is -2.18. The van der Waals surface area contributed by atoms with Crippen molar-refractivity contribution >= 4 is 5.69 Å². The minimum atomic E-state index is 0.546. The number of nitrogens with zero attached hydrogens (tertiary/aromatic N) is 1. The molecule has 0 radical (unpaired) electrons. The molecule has 3 heteroatoms. The molecule has 1 heterocycles. The molecule has 0 saturated carbocycles. The van der Waals surface area contributed by atoms with Gasteiger partial charge in [0.05, 0.1) is 6.20 Å². The first-order valence-electron chi connectivity index (χ1n) is 7.09. The van der Waals surface area contributed by atoms with Crippen molar-refractivity contribution in [1.82, 2.24) is 4.98 Å². The minimum absolute atomic E-state index is 0.546. The molecule has 1 unspecified atom stereocenters. The maximum atomic E-state index is 5.33. The smallest absolute Gasteiger partial charge is 0.181 e. The summed E-state index contributed by atoms with van der Waals surface area (Å²) in [6, 6.07) is 8.86. The second-order valence-electron chi connectivity index (χ2n) is 4.84. The lowest BCUT2D eigenvalue weighted by Gasteiger charge is -2.18. The molecule has 0 aliphatic carbocycles. The summed E-state index contributed by atoms with van der Waals surface area (Å²) in [6.45, 7) is 4.46. The summed E-state index contributed by atoms with van der Waals surface area (Å²) in [5.41, 5.74) is 2.21. The number of oxazole rings is 1. The van der Waals surface area contributed by atoms with Crippen LogP contribution in [0.15, 0.2) is 41.3 Å². The van der Waals surface area contributed by atoms with Crippen molar-refractivity contribution in [2.75, 3.05) is 5.32 Å². The predicted molar refractivity (Wildman–Crippen MR) is 79.2 cm³/mol. The summed E-state index contributed by atoms with van der Waals surface area (Å²) in [5.74, 6) is 0.810. The predicted octanol–water partition coefficient (Wildman–Crippen LogP) is 4.72. The van der Waals surface area contributed by atoms with E-state index in [1.54, 1.807) is 6.20 Å². The third-order valence-corrected chi connectivity index (χ3v) is 3.35. The molecule has 2 rings (SSSR count). The number of anilines is 1. The van der Waals surface area contributed by atoms with E-state index in [-0.39, 0.29) is 0 Å². The Morgan fingerprint density at radius 1 is 1.32 bits per heavy atom. The van der Waals surface area contributed by atoms with Crippen molar-refractivity contribution in [3.05, 3.63) is 36.9 Å². The van der Waals surface area contributed by atoms with Crippen LogP contribution in [0.2, 0.25) is 0 Å². The largest absolute Gasteiger partial charge is 0.444 e. The third kappa shape index (κ3) is 3.85. The Kier molecular flexibility index (Phi) is 5.01. The minimum Gasteiger partial charge on any atom is -0.444 e. The Morgan fingerprint density at radius 2 is 2.21 bits per heavy atom. The lowest BCUT2D eigenvalue weighted by atomic mass is 10.1. The van der Waals surface area contributed by atoms with Crippen LogP contribution in [0, 0.1) is 0 Å². The molecule has 0 saturated heterocycles. The standard InChI is InChI=1S/C16H22N2O/c1-3-5-8-14(4-2)18-15-9-6-7-13(10-15)16-11-17-12-19-16/h6-7,9-12,14,18H,3-5,8H2,1-2H3. The van der Waals surface area contributed by atoms with Crippen molar-refractivity contribution in [2.24, 2.45) is 0 Å². The third-order valence-electron chi connectivity index (χ3n) is 3.35. The number of unbranched alkanes of at least 4 members (excludes halogenated alkanes) is 1. The highest BCUT2D eigenvalue weighted by atomic mass is 16.3. The second-order valence-corrected chi connectivity index (χ2v) is 4.84. The van der Waals surface area contributed by atoms with E-state index in [0.717, 1.165) is 23.4 Å². The molecular weight excluding hydrogens is 236 g/mol. The van der Waals surface area contributed by atoms with Gasteiger partial charge in [0.15, 0.2) is 12.2 Å². The van der Waals surface area contributed by atoms with E-state index < -0.39 is 0 Å². The maximum Gasteiger partial charge on any atom is 0.181 e. The number of nitrogens with one attached hydrogen (secondary N) is 1. The summed E-state index contributed by atoms with van der Waals surface area (Å²) in [7, 11) is 0. The Hall–Kier alpha value is -1.77. The van der Waals surface area contributed by atoms with E-state index in [1.165, 1.54) is 25.7 Å². The number of hydrogen-bond acceptors (Lipinski definition) is 3. The Balaban J connectivity index is 2.06. The topological polar surface area (TPSA) is 38.1 Å². The molecule has 1 N–H and O–H groups in total. The van der Waals surface area contributed by atoms with Crippen LogP contribution < -0.4 is 5.32 Å². The van der Waals surface area contributed by atoms with Crippen LogP contribution in [-0.2, 0) is 0 Å². The van der Waals surface area contributed by atoms with Gasteiger partial charge in [-0.3, -0.25) is 0 Å². The quantitative estimate of drug-likeness (QED) is 0.780. The van der Waals surface area contributed by atoms with Crippen LogP contribution in [0.4, 0.5) is 5.69 Å². The summed E-state index contributed by atoms with van der Waals surface area (Å²) >= 11 is 0. The first-order chi connectivity index (χ1) is 9.33. The molecule has 2 aromatic rings. The molecule has 1 aromatic carbocycles. The molecule has 0 bridgehead atoms. The van der Waals surface area contributed by atoms with Gasteiger partial charge in [0, 0.05) is 17.3 Å². The molecule has 19 heavy (non-hydrogen) atoms. The SMILES string of the molecule is CCCCC(CC)Nc1cccc(-c2cnco2)c1. The van der Waals surface area contributed by atoms with Gasteiger partial charge in [-0.15, -0.1) is 0 Å². The van der Waals surface area contributed by atoms with Gasteiger partial charge in [-0.05, 0) is 25.0 Å². The molecule has 0 spiro atoms. The highest BCUT2D eigenvalue weighted by molar-refractivity contribution is 5.63. The van der Waals surface area contributed by atoms with Gasteiger partial charge < -0.3 is 9.73 Å². The molecule has 0 fully saturated rings. The van der Waals surface area contributed by atoms with Gasteiger partial charge >= 0.3 is 0 Å². The number of rotatable bonds is 7. The van der Waals surface area contributed by atoms with Crippen LogP contribution in [0.25, 0.3) is 11.3 Å². The highest BCUT2D eigenvalue weighted by Gasteiger charge is 2.07. The first kappa shape index (κ1) is 13.7. The summed E-state index contributed by atoms with van der Waals surface area (Å²) in [6.07, 6.45) is 8.09. The number of aromatic nitrogens is 1. The number of benzene rings is 1. The van der Waals surface area contributed by atoms with E-state index in [0.29, 0.717) is 6.04 Å². The molecule has 102 valence electrons. The van der Waals surface area contributed by atoms with Crippen LogP contribution >= 0.6 is 0 Å². The maximum absolute atomic E-state index is 5.33. The van der Waals surface area contributed by atoms with E-state index in [2.05, 4.69) is 36.3 Å².